The van der Waals surface area contributed by atoms with Gasteiger partial charge >= 0.3 is 6.03 Å². The second-order valence-corrected chi connectivity index (χ2v) is 13.2. The maximum absolute atomic E-state index is 10.3. The summed E-state index contributed by atoms with van der Waals surface area (Å²) in [7, 11) is 0. The highest BCUT2D eigenvalue weighted by Gasteiger charge is 2.67. The van der Waals surface area contributed by atoms with Crippen LogP contribution in [0.2, 0.25) is 0 Å². The third-order valence-corrected chi connectivity index (χ3v) is 11.4. The molecule has 11 atom stereocenters. The fraction of sp³-hybridized carbons (Fsp3) is 0.893. The van der Waals surface area contributed by atoms with E-state index in [1.807, 2.05) is 0 Å². The molecule has 7 nitrogen and oxygen atoms in total. The SMILES string of the molecule is CC1CCC2(OC1)OC1CC3C4CCC5CC(O)CCC5(C)C4=CCC3(C)C1C2C.NC(=O)NO. The first-order valence-corrected chi connectivity index (χ1v) is 13.9. The van der Waals surface area contributed by atoms with Crippen molar-refractivity contribution < 1.29 is 24.6 Å². The van der Waals surface area contributed by atoms with Gasteiger partial charge in [-0.05, 0) is 91.8 Å². The van der Waals surface area contributed by atoms with Crippen LogP contribution in [-0.2, 0) is 9.47 Å². The summed E-state index contributed by atoms with van der Waals surface area (Å²) in [6, 6.07) is -0.940. The van der Waals surface area contributed by atoms with Crippen LogP contribution in [0.4, 0.5) is 4.79 Å². The number of primary amides is 1. The number of fused-ring (bicyclic) bond motifs is 7. The van der Waals surface area contributed by atoms with Gasteiger partial charge in [0.2, 0.25) is 0 Å². The highest BCUT2D eigenvalue weighted by molar-refractivity contribution is 5.69. The lowest BCUT2D eigenvalue weighted by atomic mass is 9.48. The Balaban J connectivity index is 0.000000464. The molecule has 198 valence electrons. The van der Waals surface area contributed by atoms with Crippen LogP contribution in [0, 0.1) is 46.3 Å². The summed E-state index contributed by atoms with van der Waals surface area (Å²) in [6.07, 6.45) is 13.6. The van der Waals surface area contributed by atoms with Gasteiger partial charge in [0.05, 0.1) is 18.8 Å². The van der Waals surface area contributed by atoms with Gasteiger partial charge in [-0.1, -0.05) is 39.3 Å². The van der Waals surface area contributed by atoms with Crippen LogP contribution in [0.25, 0.3) is 0 Å². The Bertz CT molecular complexity index is 854. The van der Waals surface area contributed by atoms with Crippen LogP contribution >= 0.6 is 0 Å². The average molecular weight is 491 g/mol. The average Bonchev–Trinajstić information content (AvgIpc) is 3.27. The number of aliphatic hydroxyl groups is 1. The van der Waals surface area contributed by atoms with E-state index in [-0.39, 0.29) is 11.9 Å². The maximum atomic E-state index is 10.3. The minimum absolute atomic E-state index is 0.0661. The fourth-order valence-electron chi connectivity index (χ4n) is 9.52. The molecule has 5 N–H and O–H groups in total. The Kier molecular flexibility index (Phi) is 6.56. The zero-order valence-corrected chi connectivity index (χ0v) is 22.0. The van der Waals surface area contributed by atoms with Crippen LogP contribution in [0.3, 0.4) is 0 Å². The number of hydrogen-bond acceptors (Lipinski definition) is 5. The third kappa shape index (κ3) is 3.96. The van der Waals surface area contributed by atoms with E-state index in [1.54, 1.807) is 5.57 Å². The lowest BCUT2D eigenvalue weighted by Gasteiger charge is -2.57. The van der Waals surface area contributed by atoms with Crippen LogP contribution in [0.1, 0.15) is 85.5 Å². The molecule has 3 saturated carbocycles. The molecule has 2 heterocycles. The van der Waals surface area contributed by atoms with E-state index in [2.05, 4.69) is 39.5 Å². The van der Waals surface area contributed by atoms with Crippen molar-refractivity contribution in [2.45, 2.75) is 103 Å². The van der Waals surface area contributed by atoms with Crippen LogP contribution in [0.5, 0.6) is 0 Å². The number of rotatable bonds is 0. The van der Waals surface area contributed by atoms with E-state index in [9.17, 15) is 9.90 Å². The predicted octanol–water partition coefficient (Wildman–Crippen LogP) is 4.76. The van der Waals surface area contributed by atoms with Crippen LogP contribution < -0.4 is 11.2 Å². The minimum Gasteiger partial charge on any atom is -0.393 e. The van der Waals surface area contributed by atoms with Crippen molar-refractivity contribution in [2.24, 2.45) is 52.1 Å². The van der Waals surface area contributed by atoms with Gasteiger partial charge in [-0.25, -0.2) is 10.3 Å². The molecule has 0 aromatic rings. The topological polar surface area (TPSA) is 114 Å². The van der Waals surface area contributed by atoms with E-state index < -0.39 is 6.03 Å². The number of hydroxylamine groups is 1. The lowest BCUT2D eigenvalue weighted by molar-refractivity contribution is -0.272. The summed E-state index contributed by atoms with van der Waals surface area (Å²) in [5.41, 5.74) is 7.92. The Morgan fingerprint density at radius 1 is 1.14 bits per heavy atom. The molecule has 2 saturated heterocycles. The monoisotopic (exact) mass is 490 g/mol. The van der Waals surface area contributed by atoms with Crippen LogP contribution in [-0.4, -0.2) is 40.9 Å². The highest BCUT2D eigenvalue weighted by Crippen LogP contribution is 2.69. The van der Waals surface area contributed by atoms with E-state index in [0.29, 0.717) is 40.6 Å². The molecule has 11 unspecified atom stereocenters. The fourth-order valence-corrected chi connectivity index (χ4v) is 9.52. The van der Waals surface area contributed by atoms with Gasteiger partial charge in [0.15, 0.2) is 5.79 Å². The molecule has 6 aliphatic rings. The van der Waals surface area contributed by atoms with Crippen molar-refractivity contribution in [3.05, 3.63) is 11.6 Å². The Hall–Kier alpha value is -1.15. The van der Waals surface area contributed by atoms with E-state index in [1.165, 1.54) is 44.0 Å². The predicted molar refractivity (Wildman–Crippen MR) is 132 cm³/mol. The second kappa shape index (κ2) is 9.00. The van der Waals surface area contributed by atoms with E-state index in [4.69, 9.17) is 14.7 Å². The molecule has 2 amide bonds. The smallest absolute Gasteiger partial charge is 0.335 e. The third-order valence-electron chi connectivity index (χ3n) is 11.4. The number of ether oxygens (including phenoxy) is 2. The summed E-state index contributed by atoms with van der Waals surface area (Å²) in [5.74, 6) is 3.68. The minimum atomic E-state index is -0.940. The molecule has 0 aromatic heterocycles. The summed E-state index contributed by atoms with van der Waals surface area (Å²) in [4.78, 5) is 9.23. The Morgan fingerprint density at radius 2 is 1.89 bits per heavy atom. The zero-order chi connectivity index (χ0) is 25.2. The van der Waals surface area contributed by atoms with Gasteiger partial charge in [0.25, 0.3) is 0 Å². The van der Waals surface area contributed by atoms with Crippen molar-refractivity contribution in [2.75, 3.05) is 6.61 Å². The number of amides is 2. The quantitative estimate of drug-likeness (QED) is 0.222. The standard InChI is InChI=1S/C27H42O3.CH4N2O2/c1-16-7-12-27(29-15-16)17(2)24-23(30-27)14-22-20-6-5-18-13-19(28)8-10-25(18,3)21(20)9-11-26(22,24)4;2-1(4)3-5/h9,16-20,22-24,28H,5-8,10-15H2,1-4H3;5H,(H3,2,3,4). The number of nitrogens with two attached hydrogens (primary N) is 1. The zero-order valence-electron chi connectivity index (χ0n) is 22.0. The number of carbonyl (C=O) groups is 1. The summed E-state index contributed by atoms with van der Waals surface area (Å²) < 4.78 is 13.3. The molecule has 0 radical (unpaired) electrons. The molecule has 6 rings (SSSR count). The first kappa shape index (κ1) is 25.5. The highest BCUT2D eigenvalue weighted by atomic mass is 16.7. The molecular weight excluding hydrogens is 444 g/mol. The Labute approximate surface area is 210 Å². The van der Waals surface area contributed by atoms with Crippen molar-refractivity contribution in [3.63, 3.8) is 0 Å². The van der Waals surface area contributed by atoms with Gasteiger partial charge in [0.1, 0.15) is 0 Å². The van der Waals surface area contributed by atoms with Crippen molar-refractivity contribution in [1.82, 2.24) is 5.48 Å². The molecule has 0 aromatic carbocycles. The van der Waals surface area contributed by atoms with E-state index >= 15 is 0 Å². The largest absolute Gasteiger partial charge is 0.393 e. The molecule has 0 bridgehead atoms. The number of urea groups is 1. The normalized spacial score (nSPS) is 52.2. The van der Waals surface area contributed by atoms with Crippen molar-refractivity contribution in [1.29, 1.82) is 0 Å². The number of allylic oxidation sites excluding steroid dienone is 2. The van der Waals surface area contributed by atoms with Gasteiger partial charge in [-0.15, -0.1) is 0 Å². The van der Waals surface area contributed by atoms with Gasteiger partial charge in [0, 0.05) is 12.3 Å². The number of hydrogen-bond donors (Lipinski definition) is 4. The summed E-state index contributed by atoms with van der Waals surface area (Å²) >= 11 is 0. The molecule has 5 fully saturated rings. The molecule has 35 heavy (non-hydrogen) atoms. The summed E-state index contributed by atoms with van der Waals surface area (Å²) in [6.45, 7) is 10.7. The van der Waals surface area contributed by atoms with Crippen molar-refractivity contribution in [3.8, 4) is 0 Å². The van der Waals surface area contributed by atoms with Gasteiger partial charge in [-0.2, -0.15) is 0 Å². The second-order valence-electron chi connectivity index (χ2n) is 13.2. The molecule has 1 spiro atoms. The first-order valence-electron chi connectivity index (χ1n) is 13.9. The molecule has 7 heteroatoms. The molecular formula is C28H46N2O5. The van der Waals surface area contributed by atoms with Gasteiger partial charge < -0.3 is 20.3 Å². The number of aliphatic hydroxyl groups excluding tert-OH is 1. The van der Waals surface area contributed by atoms with Gasteiger partial charge in [-0.3, -0.25) is 5.21 Å². The van der Waals surface area contributed by atoms with E-state index in [0.717, 1.165) is 37.7 Å². The Morgan fingerprint density at radius 3 is 2.54 bits per heavy atom. The molecule has 4 aliphatic carbocycles. The lowest BCUT2D eigenvalue weighted by Crippen LogP contribution is -2.50. The molecule has 2 aliphatic heterocycles. The maximum Gasteiger partial charge on any atom is 0.335 e. The number of carbonyl (C=O) groups excluding carboxylic acids is 1. The van der Waals surface area contributed by atoms with Crippen LogP contribution in [0.15, 0.2) is 11.6 Å². The first-order chi connectivity index (χ1) is 16.5. The number of nitrogens with one attached hydrogen (secondary N) is 1. The van der Waals surface area contributed by atoms with Crippen molar-refractivity contribution >= 4 is 6.03 Å². The summed E-state index contributed by atoms with van der Waals surface area (Å²) in [5, 5.41) is 17.7.